The first-order valence-electron chi connectivity index (χ1n) is 4.21. The Balaban J connectivity index is 2.32. The molecule has 0 heterocycles. The van der Waals surface area contributed by atoms with Crippen LogP contribution < -0.4 is 0 Å². The lowest BCUT2D eigenvalue weighted by Gasteiger charge is -2.22. The van der Waals surface area contributed by atoms with Gasteiger partial charge in [-0.05, 0) is 0 Å². The van der Waals surface area contributed by atoms with E-state index in [9.17, 15) is 0 Å². The van der Waals surface area contributed by atoms with Crippen LogP contribution in [-0.2, 0) is 0 Å². The van der Waals surface area contributed by atoms with Gasteiger partial charge in [0.2, 0.25) is 0 Å². The quantitative estimate of drug-likeness (QED) is 0.498. The van der Waals surface area contributed by atoms with Gasteiger partial charge in [-0.1, -0.05) is 39.0 Å². The molecular weight excluding hydrogens is 108 g/mol. The van der Waals surface area contributed by atoms with E-state index >= 15 is 0 Å². The molecule has 0 nitrogen and oxygen atoms in total. The molecule has 0 aromatic carbocycles. The van der Waals surface area contributed by atoms with Crippen LogP contribution >= 0.6 is 0 Å². The monoisotopic (exact) mass is 125 g/mol. The van der Waals surface area contributed by atoms with Gasteiger partial charge in [0.1, 0.15) is 0 Å². The molecule has 0 aliphatic heterocycles. The minimum absolute atomic E-state index is 0.954. The Kier molecular flexibility index (Phi) is 2.56. The van der Waals surface area contributed by atoms with Crippen LogP contribution in [-0.4, -0.2) is 0 Å². The van der Waals surface area contributed by atoms with Crippen molar-refractivity contribution in [2.24, 2.45) is 11.8 Å². The Morgan fingerprint density at radius 1 is 1.33 bits per heavy atom. The predicted octanol–water partition coefficient (Wildman–Crippen LogP) is 3.04. The molecule has 0 amide bonds. The van der Waals surface area contributed by atoms with Gasteiger partial charge in [-0.25, -0.2) is 0 Å². The summed E-state index contributed by atoms with van der Waals surface area (Å²) in [5.74, 6) is 1.98. The standard InChI is InChI=1S/C9H17/c1-3-8-6-5-7-9(8)4-2/h6,8-9H,3-5,7H2,1-2H3/q-1. The first-order valence-corrected chi connectivity index (χ1v) is 4.21. The third-order valence-electron chi connectivity index (χ3n) is 2.61. The molecule has 0 aromatic heterocycles. The van der Waals surface area contributed by atoms with Crippen molar-refractivity contribution in [1.29, 1.82) is 0 Å². The molecule has 1 rings (SSSR count). The molecule has 1 aliphatic rings. The molecule has 0 aromatic rings. The van der Waals surface area contributed by atoms with Crippen molar-refractivity contribution < 1.29 is 0 Å². The van der Waals surface area contributed by atoms with E-state index in [1.54, 1.807) is 0 Å². The molecule has 2 unspecified atom stereocenters. The van der Waals surface area contributed by atoms with Gasteiger partial charge in [0.25, 0.3) is 0 Å². The van der Waals surface area contributed by atoms with E-state index in [1.807, 2.05) is 0 Å². The minimum atomic E-state index is 0.954. The van der Waals surface area contributed by atoms with Crippen molar-refractivity contribution in [3.63, 3.8) is 0 Å². The summed E-state index contributed by atoms with van der Waals surface area (Å²) in [5, 5.41) is 0. The van der Waals surface area contributed by atoms with Crippen LogP contribution in [0.1, 0.15) is 39.5 Å². The van der Waals surface area contributed by atoms with E-state index in [0.717, 1.165) is 11.8 Å². The van der Waals surface area contributed by atoms with E-state index in [2.05, 4.69) is 20.3 Å². The van der Waals surface area contributed by atoms with Crippen molar-refractivity contribution >= 4 is 0 Å². The van der Waals surface area contributed by atoms with Gasteiger partial charge in [0.15, 0.2) is 0 Å². The number of rotatable bonds is 2. The second kappa shape index (κ2) is 3.24. The summed E-state index contributed by atoms with van der Waals surface area (Å²) in [4.78, 5) is 0. The van der Waals surface area contributed by atoms with Crippen molar-refractivity contribution in [1.82, 2.24) is 0 Å². The van der Waals surface area contributed by atoms with Gasteiger partial charge in [0.05, 0.1) is 0 Å². The summed E-state index contributed by atoms with van der Waals surface area (Å²) in [6.07, 6.45) is 8.08. The predicted molar refractivity (Wildman–Crippen MR) is 41.1 cm³/mol. The first kappa shape index (κ1) is 7.11. The van der Waals surface area contributed by atoms with Gasteiger partial charge < -0.3 is 6.42 Å². The number of hydrogen-bond acceptors (Lipinski definition) is 0. The summed E-state index contributed by atoms with van der Waals surface area (Å²) in [6.45, 7) is 4.61. The molecule has 0 radical (unpaired) electrons. The van der Waals surface area contributed by atoms with E-state index in [-0.39, 0.29) is 0 Å². The minimum Gasteiger partial charge on any atom is -0.325 e. The highest BCUT2D eigenvalue weighted by Crippen LogP contribution is 2.34. The average molecular weight is 125 g/mol. The zero-order valence-electron chi connectivity index (χ0n) is 6.56. The molecule has 54 valence electrons. The molecule has 0 bridgehead atoms. The molecule has 1 saturated carbocycles. The highest BCUT2D eigenvalue weighted by Gasteiger charge is 2.14. The summed E-state index contributed by atoms with van der Waals surface area (Å²) in [6, 6.07) is 0. The Morgan fingerprint density at radius 3 is 2.56 bits per heavy atom. The highest BCUT2D eigenvalue weighted by atomic mass is 14.3. The summed E-state index contributed by atoms with van der Waals surface area (Å²) in [7, 11) is 0. The van der Waals surface area contributed by atoms with Gasteiger partial charge in [-0.2, -0.15) is 12.3 Å². The van der Waals surface area contributed by atoms with Crippen molar-refractivity contribution in [2.75, 3.05) is 0 Å². The second-order valence-electron chi connectivity index (χ2n) is 3.05. The van der Waals surface area contributed by atoms with Crippen LogP contribution in [0.25, 0.3) is 0 Å². The molecule has 1 aliphatic carbocycles. The molecule has 1 fully saturated rings. The normalized spacial score (nSPS) is 35.3. The molecule has 2 atom stereocenters. The highest BCUT2D eigenvalue weighted by molar-refractivity contribution is 4.88. The van der Waals surface area contributed by atoms with Crippen LogP contribution in [0.3, 0.4) is 0 Å². The zero-order valence-corrected chi connectivity index (χ0v) is 6.56. The molecular formula is C9H17-. The van der Waals surface area contributed by atoms with Crippen molar-refractivity contribution in [3.05, 3.63) is 6.42 Å². The lowest BCUT2D eigenvalue weighted by Crippen LogP contribution is -2.04. The van der Waals surface area contributed by atoms with Crippen LogP contribution in [0.5, 0.6) is 0 Å². The third kappa shape index (κ3) is 1.47. The molecule has 0 saturated heterocycles. The molecule has 0 spiro atoms. The Morgan fingerprint density at radius 2 is 2.11 bits per heavy atom. The van der Waals surface area contributed by atoms with Crippen LogP contribution in [0.15, 0.2) is 0 Å². The van der Waals surface area contributed by atoms with E-state index in [0.29, 0.717) is 0 Å². The maximum atomic E-state index is 2.51. The average Bonchev–Trinajstić information content (AvgIpc) is 2.33. The fourth-order valence-corrected chi connectivity index (χ4v) is 1.94. The van der Waals surface area contributed by atoms with E-state index in [4.69, 9.17) is 0 Å². The maximum absolute atomic E-state index is 2.51. The lowest BCUT2D eigenvalue weighted by atomic mass is 9.92. The van der Waals surface area contributed by atoms with Crippen LogP contribution in [0, 0.1) is 18.3 Å². The van der Waals surface area contributed by atoms with Gasteiger partial charge >= 0.3 is 0 Å². The second-order valence-corrected chi connectivity index (χ2v) is 3.05. The first-order chi connectivity index (χ1) is 4.38. The fourth-order valence-electron chi connectivity index (χ4n) is 1.94. The van der Waals surface area contributed by atoms with Gasteiger partial charge in [-0.3, -0.25) is 0 Å². The largest absolute Gasteiger partial charge is 0.325 e. The van der Waals surface area contributed by atoms with Gasteiger partial charge in [0, 0.05) is 0 Å². The maximum Gasteiger partial charge on any atom is -0.0556 e. The smallest absolute Gasteiger partial charge is 0.0556 e. The molecule has 0 heteroatoms. The Hall–Kier alpha value is 0. The summed E-state index contributed by atoms with van der Waals surface area (Å²) >= 11 is 0. The third-order valence-corrected chi connectivity index (χ3v) is 2.61. The van der Waals surface area contributed by atoms with Crippen LogP contribution in [0.2, 0.25) is 0 Å². The zero-order chi connectivity index (χ0) is 6.69. The SMILES string of the molecule is CCC1[CH-]CCC1CC. The fraction of sp³-hybridized carbons (Fsp3) is 0.889. The van der Waals surface area contributed by atoms with E-state index < -0.39 is 0 Å². The molecule has 9 heavy (non-hydrogen) atoms. The van der Waals surface area contributed by atoms with Crippen molar-refractivity contribution in [3.8, 4) is 0 Å². The summed E-state index contributed by atoms with van der Waals surface area (Å²) in [5.41, 5.74) is 0. The van der Waals surface area contributed by atoms with Crippen LogP contribution in [0.4, 0.5) is 0 Å². The Labute approximate surface area is 58.7 Å². The van der Waals surface area contributed by atoms with Gasteiger partial charge in [-0.15, -0.1) is 0 Å². The Bertz CT molecular complexity index is 66.1. The van der Waals surface area contributed by atoms with E-state index in [1.165, 1.54) is 25.7 Å². The van der Waals surface area contributed by atoms with Crippen molar-refractivity contribution in [2.45, 2.75) is 39.5 Å². The summed E-state index contributed by atoms with van der Waals surface area (Å²) < 4.78 is 0. The topological polar surface area (TPSA) is 0 Å². The molecule has 0 N–H and O–H groups in total. The number of hydrogen-bond donors (Lipinski definition) is 0. The lowest BCUT2D eigenvalue weighted by molar-refractivity contribution is 0.397.